The standard InChI is InChI=1S/C15H28N2/c1-11(2)13-14(12(3)4)17-15(10-16-13)8-6-5-7-9-15/h11-12,16-17H,5-10H2,1-4H3. The van der Waals surface area contributed by atoms with Crippen LogP contribution in [0, 0.1) is 11.8 Å². The van der Waals surface area contributed by atoms with Crippen LogP contribution < -0.4 is 10.6 Å². The summed E-state index contributed by atoms with van der Waals surface area (Å²) in [7, 11) is 0. The highest BCUT2D eigenvalue weighted by atomic mass is 15.1. The Balaban J connectivity index is 2.20. The summed E-state index contributed by atoms with van der Waals surface area (Å²) in [6.45, 7) is 10.3. The number of rotatable bonds is 2. The van der Waals surface area contributed by atoms with Gasteiger partial charge in [0.15, 0.2) is 0 Å². The molecular formula is C15H28N2. The van der Waals surface area contributed by atoms with E-state index in [1.807, 2.05) is 0 Å². The summed E-state index contributed by atoms with van der Waals surface area (Å²) in [6.07, 6.45) is 6.86. The summed E-state index contributed by atoms with van der Waals surface area (Å²) in [6, 6.07) is 0. The van der Waals surface area contributed by atoms with Crippen molar-refractivity contribution in [3.05, 3.63) is 11.4 Å². The van der Waals surface area contributed by atoms with E-state index in [9.17, 15) is 0 Å². The third-order valence-electron chi connectivity index (χ3n) is 4.27. The molecule has 17 heavy (non-hydrogen) atoms. The van der Waals surface area contributed by atoms with Crippen LogP contribution in [0.1, 0.15) is 59.8 Å². The second kappa shape index (κ2) is 4.91. The zero-order chi connectivity index (χ0) is 12.5. The predicted octanol–water partition coefficient (Wildman–Crippen LogP) is 3.41. The summed E-state index contributed by atoms with van der Waals surface area (Å²) in [5.74, 6) is 1.19. The van der Waals surface area contributed by atoms with E-state index >= 15 is 0 Å². The first-order valence-electron chi connectivity index (χ1n) is 7.30. The van der Waals surface area contributed by atoms with Crippen LogP contribution in [-0.4, -0.2) is 12.1 Å². The fourth-order valence-electron chi connectivity index (χ4n) is 3.26. The lowest BCUT2D eigenvalue weighted by Gasteiger charge is -2.46. The van der Waals surface area contributed by atoms with Gasteiger partial charge in [-0.15, -0.1) is 0 Å². The molecule has 1 aliphatic heterocycles. The van der Waals surface area contributed by atoms with Crippen LogP contribution in [0.3, 0.4) is 0 Å². The summed E-state index contributed by atoms with van der Waals surface area (Å²) < 4.78 is 0. The predicted molar refractivity (Wildman–Crippen MR) is 73.7 cm³/mol. The smallest absolute Gasteiger partial charge is 0.0543 e. The molecule has 2 aliphatic rings. The third-order valence-corrected chi connectivity index (χ3v) is 4.27. The van der Waals surface area contributed by atoms with E-state index in [-0.39, 0.29) is 0 Å². The van der Waals surface area contributed by atoms with Gasteiger partial charge in [-0.3, -0.25) is 0 Å². The van der Waals surface area contributed by atoms with E-state index in [1.54, 1.807) is 0 Å². The third kappa shape index (κ3) is 2.61. The molecule has 1 aliphatic carbocycles. The Morgan fingerprint density at radius 3 is 2.00 bits per heavy atom. The normalized spacial score (nSPS) is 24.1. The maximum Gasteiger partial charge on any atom is 0.0543 e. The van der Waals surface area contributed by atoms with Crippen LogP contribution in [0.2, 0.25) is 0 Å². The molecule has 1 fully saturated rings. The molecule has 98 valence electrons. The van der Waals surface area contributed by atoms with E-state index < -0.39 is 0 Å². The maximum absolute atomic E-state index is 3.92. The van der Waals surface area contributed by atoms with Gasteiger partial charge in [-0.1, -0.05) is 47.0 Å². The molecule has 1 spiro atoms. The molecule has 2 heteroatoms. The topological polar surface area (TPSA) is 24.1 Å². The molecule has 1 saturated carbocycles. The first-order chi connectivity index (χ1) is 8.04. The quantitative estimate of drug-likeness (QED) is 0.768. The van der Waals surface area contributed by atoms with E-state index in [0.29, 0.717) is 17.4 Å². The van der Waals surface area contributed by atoms with Crippen molar-refractivity contribution in [2.45, 2.75) is 65.3 Å². The first-order valence-corrected chi connectivity index (χ1v) is 7.30. The highest BCUT2D eigenvalue weighted by molar-refractivity contribution is 5.22. The molecule has 0 bridgehead atoms. The second-order valence-corrected chi connectivity index (χ2v) is 6.46. The zero-order valence-corrected chi connectivity index (χ0v) is 11.9. The maximum atomic E-state index is 3.92. The van der Waals surface area contributed by atoms with Crippen LogP contribution in [-0.2, 0) is 0 Å². The van der Waals surface area contributed by atoms with Crippen molar-refractivity contribution < 1.29 is 0 Å². The van der Waals surface area contributed by atoms with Gasteiger partial charge in [0.1, 0.15) is 0 Å². The Bertz CT molecular complexity index is 296. The van der Waals surface area contributed by atoms with E-state index in [0.717, 1.165) is 6.54 Å². The Hall–Kier alpha value is -0.660. The molecule has 0 aromatic rings. The second-order valence-electron chi connectivity index (χ2n) is 6.46. The van der Waals surface area contributed by atoms with Gasteiger partial charge in [0, 0.05) is 17.9 Å². The lowest BCUT2D eigenvalue weighted by Crippen LogP contribution is -2.58. The molecule has 0 unspecified atom stereocenters. The molecule has 2 rings (SSSR count). The molecular weight excluding hydrogens is 208 g/mol. The van der Waals surface area contributed by atoms with Crippen molar-refractivity contribution in [2.24, 2.45) is 11.8 Å². The van der Waals surface area contributed by atoms with Crippen LogP contribution in [0.4, 0.5) is 0 Å². The Morgan fingerprint density at radius 1 is 0.882 bits per heavy atom. The molecule has 0 saturated heterocycles. The molecule has 0 aromatic carbocycles. The van der Waals surface area contributed by atoms with Crippen molar-refractivity contribution in [1.29, 1.82) is 0 Å². The molecule has 1 heterocycles. The molecule has 0 amide bonds. The Labute approximate surface area is 106 Å². The van der Waals surface area contributed by atoms with Crippen LogP contribution in [0.25, 0.3) is 0 Å². The van der Waals surface area contributed by atoms with Crippen LogP contribution in [0.15, 0.2) is 11.4 Å². The van der Waals surface area contributed by atoms with E-state index in [1.165, 1.54) is 43.5 Å². The molecule has 2 N–H and O–H groups in total. The minimum absolute atomic E-state index is 0.357. The van der Waals surface area contributed by atoms with E-state index in [2.05, 4.69) is 38.3 Å². The number of hydrogen-bond donors (Lipinski definition) is 2. The minimum atomic E-state index is 0.357. The van der Waals surface area contributed by atoms with Gasteiger partial charge in [0.25, 0.3) is 0 Å². The summed E-state index contributed by atoms with van der Waals surface area (Å²) in [5, 5.41) is 7.64. The molecule has 0 aromatic heterocycles. The summed E-state index contributed by atoms with van der Waals surface area (Å²) in [4.78, 5) is 0. The van der Waals surface area contributed by atoms with Crippen LogP contribution >= 0.6 is 0 Å². The van der Waals surface area contributed by atoms with Crippen molar-refractivity contribution in [2.75, 3.05) is 6.54 Å². The van der Waals surface area contributed by atoms with Crippen LogP contribution in [0.5, 0.6) is 0 Å². The van der Waals surface area contributed by atoms with Gasteiger partial charge in [-0.2, -0.15) is 0 Å². The highest BCUT2D eigenvalue weighted by Gasteiger charge is 2.36. The van der Waals surface area contributed by atoms with Gasteiger partial charge in [0.2, 0.25) is 0 Å². The highest BCUT2D eigenvalue weighted by Crippen LogP contribution is 2.33. The SMILES string of the molecule is CC(C)C1=C(C(C)C)NC2(CCCCC2)CN1. The van der Waals surface area contributed by atoms with Gasteiger partial charge in [-0.05, 0) is 24.7 Å². The van der Waals surface area contributed by atoms with Crippen molar-refractivity contribution >= 4 is 0 Å². The van der Waals surface area contributed by atoms with Gasteiger partial charge in [-0.25, -0.2) is 0 Å². The van der Waals surface area contributed by atoms with E-state index in [4.69, 9.17) is 0 Å². The monoisotopic (exact) mass is 236 g/mol. The lowest BCUT2D eigenvalue weighted by atomic mass is 9.79. The van der Waals surface area contributed by atoms with Gasteiger partial charge < -0.3 is 10.6 Å². The van der Waals surface area contributed by atoms with Crippen molar-refractivity contribution in [3.63, 3.8) is 0 Å². The van der Waals surface area contributed by atoms with Gasteiger partial charge in [0.05, 0.1) is 5.54 Å². The number of nitrogens with one attached hydrogen (secondary N) is 2. The fourth-order valence-corrected chi connectivity index (χ4v) is 3.26. The van der Waals surface area contributed by atoms with Gasteiger partial charge >= 0.3 is 0 Å². The lowest BCUT2D eigenvalue weighted by molar-refractivity contribution is 0.219. The largest absolute Gasteiger partial charge is 0.384 e. The number of hydrogen-bond acceptors (Lipinski definition) is 2. The first kappa shape index (κ1) is 12.8. The summed E-state index contributed by atoms with van der Waals surface area (Å²) >= 11 is 0. The minimum Gasteiger partial charge on any atom is -0.384 e. The molecule has 2 nitrogen and oxygen atoms in total. The molecule has 0 atom stereocenters. The molecule has 0 radical (unpaired) electrons. The Morgan fingerprint density at radius 2 is 1.47 bits per heavy atom. The zero-order valence-electron chi connectivity index (χ0n) is 11.9. The fraction of sp³-hybridized carbons (Fsp3) is 0.867. The van der Waals surface area contributed by atoms with Crippen molar-refractivity contribution in [1.82, 2.24) is 10.6 Å². The average molecular weight is 236 g/mol. The van der Waals surface area contributed by atoms with Crippen molar-refractivity contribution in [3.8, 4) is 0 Å². The summed E-state index contributed by atoms with van der Waals surface area (Å²) in [5.41, 5.74) is 3.26. The number of allylic oxidation sites excluding steroid dienone is 2. The average Bonchev–Trinajstić information content (AvgIpc) is 2.29. The Kier molecular flexibility index (Phi) is 3.70.